The highest BCUT2D eigenvalue weighted by molar-refractivity contribution is 5.96. The van der Waals surface area contributed by atoms with Crippen LogP contribution in [0.3, 0.4) is 0 Å². The first-order valence-electron chi connectivity index (χ1n) is 7.99. The van der Waals surface area contributed by atoms with Gasteiger partial charge >= 0.3 is 12.1 Å². The number of ether oxygens (including phenoxy) is 2. The predicted molar refractivity (Wildman–Crippen MR) is 91.2 cm³/mol. The number of aromatic nitrogens is 1. The summed E-state index contributed by atoms with van der Waals surface area (Å²) in [5.41, 5.74) is 0.621. The number of hydrogen-bond donors (Lipinski definition) is 1. The molecular weight excluding hydrogens is 381 g/mol. The largest absolute Gasteiger partial charge is 0.482 e. The Morgan fingerprint density at radius 3 is 2.43 bits per heavy atom. The maximum Gasteiger partial charge on any atom is 0.422 e. The van der Waals surface area contributed by atoms with Crippen molar-refractivity contribution in [3.63, 3.8) is 0 Å². The molecule has 0 spiro atoms. The van der Waals surface area contributed by atoms with Crippen LogP contribution in [0.5, 0.6) is 11.6 Å². The average Bonchev–Trinajstić information content (AvgIpc) is 2.64. The lowest BCUT2D eigenvalue weighted by Crippen LogP contribution is -2.28. The molecule has 7 nitrogen and oxygen atoms in total. The van der Waals surface area contributed by atoms with E-state index in [9.17, 15) is 22.8 Å². The second kappa shape index (κ2) is 9.07. The zero-order chi connectivity index (χ0) is 20.7. The zero-order valence-corrected chi connectivity index (χ0v) is 14.8. The van der Waals surface area contributed by atoms with Gasteiger partial charge in [-0.15, -0.1) is 0 Å². The van der Waals surface area contributed by atoms with Gasteiger partial charge in [-0.05, 0) is 29.8 Å². The molecule has 1 amide bonds. The van der Waals surface area contributed by atoms with Crippen molar-refractivity contribution < 1.29 is 37.3 Å². The van der Waals surface area contributed by atoms with E-state index < -0.39 is 37.1 Å². The second-order valence-electron chi connectivity index (χ2n) is 5.75. The average molecular weight is 398 g/mol. The van der Waals surface area contributed by atoms with Crippen LogP contribution in [-0.4, -0.2) is 53.3 Å². The van der Waals surface area contributed by atoms with Crippen molar-refractivity contribution in [2.45, 2.75) is 12.7 Å². The van der Waals surface area contributed by atoms with E-state index in [0.29, 0.717) is 11.3 Å². The minimum Gasteiger partial charge on any atom is -0.482 e. The molecule has 0 aliphatic heterocycles. The molecule has 1 N–H and O–H groups in total. The molecule has 0 aliphatic carbocycles. The molecule has 0 unspecified atom stereocenters. The minimum absolute atomic E-state index is 0.0874. The molecular formula is C18H17F3N2O5. The third-order valence-corrected chi connectivity index (χ3v) is 3.43. The Hall–Kier alpha value is -3.30. The Kier molecular flexibility index (Phi) is 6.80. The molecule has 1 aromatic heterocycles. The highest BCUT2D eigenvalue weighted by Gasteiger charge is 2.30. The fourth-order valence-corrected chi connectivity index (χ4v) is 2.21. The molecule has 0 radical (unpaired) electrons. The van der Waals surface area contributed by atoms with Gasteiger partial charge in [-0.25, -0.2) is 9.78 Å². The minimum atomic E-state index is -4.55. The van der Waals surface area contributed by atoms with Gasteiger partial charge in [0, 0.05) is 19.8 Å². The lowest BCUT2D eigenvalue weighted by molar-refractivity contribution is -0.154. The van der Waals surface area contributed by atoms with E-state index in [1.807, 2.05) is 0 Å². The SMILES string of the molecule is CN(Cc1ccc(OCC(=O)O)cc1)C(=O)c1cccnc1OCC(F)(F)F. The van der Waals surface area contributed by atoms with Crippen LogP contribution in [0.4, 0.5) is 13.2 Å². The Morgan fingerprint density at radius 2 is 1.82 bits per heavy atom. The van der Waals surface area contributed by atoms with Crippen LogP contribution < -0.4 is 9.47 Å². The van der Waals surface area contributed by atoms with Gasteiger partial charge in [0.15, 0.2) is 13.2 Å². The summed E-state index contributed by atoms with van der Waals surface area (Å²) in [5.74, 6) is -1.70. The van der Waals surface area contributed by atoms with Gasteiger partial charge in [0.05, 0.1) is 0 Å². The first kappa shape index (κ1) is 21.0. The van der Waals surface area contributed by atoms with Crippen molar-refractivity contribution in [2.75, 3.05) is 20.3 Å². The Labute approximate surface area is 158 Å². The van der Waals surface area contributed by atoms with Gasteiger partial charge < -0.3 is 19.5 Å². The number of carbonyl (C=O) groups excluding carboxylic acids is 1. The number of carboxylic acids is 1. The van der Waals surface area contributed by atoms with E-state index in [2.05, 4.69) is 9.72 Å². The normalized spacial score (nSPS) is 11.0. The molecule has 2 aromatic rings. The Bertz CT molecular complexity index is 825. The molecule has 2 rings (SSSR count). The molecule has 150 valence electrons. The number of rotatable bonds is 8. The van der Waals surface area contributed by atoms with Crippen molar-refractivity contribution in [3.05, 3.63) is 53.7 Å². The maximum absolute atomic E-state index is 12.6. The van der Waals surface area contributed by atoms with Crippen LogP contribution in [-0.2, 0) is 11.3 Å². The van der Waals surface area contributed by atoms with Gasteiger partial charge in [0.25, 0.3) is 5.91 Å². The number of carboxylic acid groups (broad SMARTS) is 1. The molecule has 0 bridgehead atoms. The van der Waals surface area contributed by atoms with E-state index >= 15 is 0 Å². The summed E-state index contributed by atoms with van der Waals surface area (Å²) in [4.78, 5) is 28.1. The number of hydrogen-bond acceptors (Lipinski definition) is 5. The van der Waals surface area contributed by atoms with Crippen LogP contribution >= 0.6 is 0 Å². The van der Waals surface area contributed by atoms with Crippen LogP contribution in [0.1, 0.15) is 15.9 Å². The molecule has 1 aromatic carbocycles. The fraction of sp³-hybridized carbons (Fsp3) is 0.278. The maximum atomic E-state index is 12.6. The molecule has 0 saturated carbocycles. The summed E-state index contributed by atoms with van der Waals surface area (Å²) in [6.07, 6.45) is -3.31. The summed E-state index contributed by atoms with van der Waals surface area (Å²) in [6.45, 7) is -1.86. The second-order valence-corrected chi connectivity index (χ2v) is 5.75. The number of pyridine rings is 1. The number of nitrogens with zero attached hydrogens (tertiary/aromatic N) is 2. The monoisotopic (exact) mass is 398 g/mol. The quantitative estimate of drug-likeness (QED) is 0.736. The highest BCUT2D eigenvalue weighted by atomic mass is 19.4. The molecule has 28 heavy (non-hydrogen) atoms. The topological polar surface area (TPSA) is 89.0 Å². The lowest BCUT2D eigenvalue weighted by atomic mass is 10.2. The third kappa shape index (κ3) is 6.45. The summed E-state index contributed by atoms with van der Waals surface area (Å²) in [5, 5.41) is 8.58. The fourth-order valence-electron chi connectivity index (χ4n) is 2.21. The Morgan fingerprint density at radius 1 is 1.14 bits per heavy atom. The molecule has 0 saturated heterocycles. The van der Waals surface area contributed by atoms with E-state index in [0.717, 1.165) is 0 Å². The highest BCUT2D eigenvalue weighted by Crippen LogP contribution is 2.22. The van der Waals surface area contributed by atoms with Crippen LogP contribution in [0.2, 0.25) is 0 Å². The lowest BCUT2D eigenvalue weighted by Gasteiger charge is -2.19. The number of aliphatic carboxylic acids is 1. The van der Waals surface area contributed by atoms with E-state index in [1.165, 1.54) is 30.3 Å². The summed E-state index contributed by atoms with van der Waals surface area (Å²) >= 11 is 0. The zero-order valence-electron chi connectivity index (χ0n) is 14.8. The standard InChI is InChI=1S/C18H17F3N2O5/c1-23(9-12-4-6-13(7-5-12)27-10-15(24)25)17(26)14-3-2-8-22-16(14)28-11-18(19,20)21/h2-8H,9-11H2,1H3,(H,24,25). The number of halogens is 3. The van der Waals surface area contributed by atoms with Gasteiger partial charge in [-0.2, -0.15) is 13.2 Å². The van der Waals surface area contributed by atoms with Gasteiger partial charge in [-0.1, -0.05) is 12.1 Å². The van der Waals surface area contributed by atoms with Gasteiger partial charge in [0.2, 0.25) is 5.88 Å². The molecule has 0 aliphatic rings. The van der Waals surface area contributed by atoms with E-state index in [1.54, 1.807) is 24.3 Å². The van der Waals surface area contributed by atoms with Gasteiger partial charge in [-0.3, -0.25) is 4.79 Å². The summed E-state index contributed by atoms with van der Waals surface area (Å²) < 4.78 is 46.7. The van der Waals surface area contributed by atoms with Crippen molar-refractivity contribution in [2.24, 2.45) is 0 Å². The molecule has 0 atom stereocenters. The van der Waals surface area contributed by atoms with Crippen molar-refractivity contribution in [3.8, 4) is 11.6 Å². The van der Waals surface area contributed by atoms with E-state index in [-0.39, 0.29) is 12.1 Å². The molecule has 0 fully saturated rings. The van der Waals surface area contributed by atoms with E-state index in [4.69, 9.17) is 9.84 Å². The summed E-state index contributed by atoms with van der Waals surface area (Å²) in [6, 6.07) is 9.16. The number of alkyl halides is 3. The first-order valence-corrected chi connectivity index (χ1v) is 7.99. The van der Waals surface area contributed by atoms with Crippen molar-refractivity contribution in [1.82, 2.24) is 9.88 Å². The summed E-state index contributed by atoms with van der Waals surface area (Å²) in [7, 11) is 1.48. The number of carbonyl (C=O) groups is 2. The van der Waals surface area contributed by atoms with Crippen LogP contribution in [0.25, 0.3) is 0 Å². The van der Waals surface area contributed by atoms with Crippen LogP contribution in [0.15, 0.2) is 42.6 Å². The predicted octanol–water partition coefficient (Wildman–Crippen LogP) is 2.76. The first-order chi connectivity index (χ1) is 13.2. The van der Waals surface area contributed by atoms with Crippen molar-refractivity contribution >= 4 is 11.9 Å². The number of benzene rings is 1. The smallest absolute Gasteiger partial charge is 0.422 e. The Balaban J connectivity index is 2.03. The molecule has 1 heterocycles. The van der Waals surface area contributed by atoms with Crippen molar-refractivity contribution in [1.29, 1.82) is 0 Å². The molecule has 10 heteroatoms. The van der Waals surface area contributed by atoms with Crippen LogP contribution in [0, 0.1) is 0 Å². The third-order valence-electron chi connectivity index (χ3n) is 3.43. The number of amides is 1. The van der Waals surface area contributed by atoms with Gasteiger partial charge in [0.1, 0.15) is 11.3 Å².